The molecule has 2 aromatic carbocycles. The maximum atomic E-state index is 12.5. The molecule has 1 aliphatic rings. The van der Waals surface area contributed by atoms with E-state index in [-0.39, 0.29) is 11.8 Å². The first-order valence-electron chi connectivity index (χ1n) is 9.41. The molecule has 0 aromatic heterocycles. The molecule has 0 radical (unpaired) electrons. The molecule has 3 rings (SSSR count). The van der Waals surface area contributed by atoms with E-state index in [1.54, 1.807) is 0 Å². The number of carbonyl (C=O) groups excluding carboxylic acids is 2. The fourth-order valence-corrected chi connectivity index (χ4v) is 3.41. The number of hydrogen-bond acceptors (Lipinski definition) is 4. The van der Waals surface area contributed by atoms with Crippen LogP contribution >= 0.6 is 0 Å². The molecule has 1 fully saturated rings. The molecule has 1 aliphatic heterocycles. The van der Waals surface area contributed by atoms with Gasteiger partial charge in [-0.2, -0.15) is 0 Å². The highest BCUT2D eigenvalue weighted by Gasteiger charge is 2.24. The summed E-state index contributed by atoms with van der Waals surface area (Å²) in [4.78, 5) is 27.6. The zero-order valence-corrected chi connectivity index (χ0v) is 16.0. The molecule has 1 saturated heterocycles. The molecular weight excluding hydrogens is 338 g/mol. The number of benzene rings is 2. The van der Waals surface area contributed by atoms with Crippen molar-refractivity contribution in [2.24, 2.45) is 5.92 Å². The number of rotatable bonds is 6. The Morgan fingerprint density at radius 1 is 1.07 bits per heavy atom. The largest absolute Gasteiger partial charge is 0.378 e. The van der Waals surface area contributed by atoms with Crippen LogP contribution in [0.5, 0.6) is 0 Å². The lowest BCUT2D eigenvalue weighted by molar-refractivity contribution is -0.125. The molecule has 0 unspecified atom stereocenters. The summed E-state index contributed by atoms with van der Waals surface area (Å²) in [7, 11) is 4.03. The Morgan fingerprint density at radius 3 is 2.26 bits per heavy atom. The first-order valence-corrected chi connectivity index (χ1v) is 9.41. The van der Waals surface area contributed by atoms with Gasteiger partial charge in [0, 0.05) is 56.6 Å². The molecule has 5 heteroatoms. The van der Waals surface area contributed by atoms with Crippen LogP contribution in [0.3, 0.4) is 0 Å². The van der Waals surface area contributed by atoms with Gasteiger partial charge in [0.15, 0.2) is 0 Å². The molecule has 1 N–H and O–H groups in total. The van der Waals surface area contributed by atoms with E-state index in [4.69, 9.17) is 0 Å². The van der Waals surface area contributed by atoms with Gasteiger partial charge in [0.2, 0.25) is 5.91 Å². The van der Waals surface area contributed by atoms with Crippen LogP contribution in [0.2, 0.25) is 0 Å². The minimum Gasteiger partial charge on any atom is -0.378 e. The standard InChI is InChI=1S/C22H27N3O2/c1-24(2)20-7-3-17(4-8-20)15-23-22(27)19-11-13-25(14-12-19)21-9-5-18(16-26)6-10-21/h3-10,16,19H,11-15H2,1-2H3,(H,23,27). The summed E-state index contributed by atoms with van der Waals surface area (Å²) in [5.74, 6) is 0.208. The predicted octanol–water partition coefficient (Wildman–Crippen LogP) is 3.10. The van der Waals surface area contributed by atoms with Crippen LogP contribution in [0.25, 0.3) is 0 Å². The van der Waals surface area contributed by atoms with Gasteiger partial charge < -0.3 is 15.1 Å². The third-order valence-corrected chi connectivity index (χ3v) is 5.18. The van der Waals surface area contributed by atoms with Crippen LogP contribution in [0.4, 0.5) is 11.4 Å². The van der Waals surface area contributed by atoms with E-state index >= 15 is 0 Å². The number of amides is 1. The van der Waals surface area contributed by atoms with Crippen molar-refractivity contribution in [1.29, 1.82) is 0 Å². The molecule has 27 heavy (non-hydrogen) atoms. The van der Waals surface area contributed by atoms with Gasteiger partial charge in [-0.15, -0.1) is 0 Å². The quantitative estimate of drug-likeness (QED) is 0.800. The third-order valence-electron chi connectivity index (χ3n) is 5.18. The van der Waals surface area contributed by atoms with Crippen LogP contribution in [0.15, 0.2) is 48.5 Å². The Labute approximate surface area is 161 Å². The molecule has 1 heterocycles. The van der Waals surface area contributed by atoms with E-state index < -0.39 is 0 Å². The van der Waals surface area contributed by atoms with E-state index in [2.05, 4.69) is 39.4 Å². The first-order chi connectivity index (χ1) is 13.1. The number of nitrogens with zero attached hydrogens (tertiary/aromatic N) is 2. The van der Waals surface area contributed by atoms with Crippen LogP contribution in [-0.2, 0) is 11.3 Å². The zero-order chi connectivity index (χ0) is 19.2. The number of piperidine rings is 1. The van der Waals surface area contributed by atoms with Crippen LogP contribution < -0.4 is 15.1 Å². The average Bonchev–Trinajstić information content (AvgIpc) is 2.72. The summed E-state index contributed by atoms with van der Waals surface area (Å²) < 4.78 is 0. The number of anilines is 2. The summed E-state index contributed by atoms with van der Waals surface area (Å²) in [5, 5.41) is 3.08. The highest BCUT2D eigenvalue weighted by atomic mass is 16.1. The Balaban J connectivity index is 1.47. The molecule has 2 aromatic rings. The molecule has 1 amide bonds. The topological polar surface area (TPSA) is 52.7 Å². The van der Waals surface area contributed by atoms with E-state index in [9.17, 15) is 9.59 Å². The van der Waals surface area contributed by atoms with E-state index in [0.29, 0.717) is 12.1 Å². The highest BCUT2D eigenvalue weighted by molar-refractivity contribution is 5.79. The second kappa shape index (κ2) is 8.71. The maximum Gasteiger partial charge on any atom is 0.223 e. The van der Waals surface area contributed by atoms with Crippen molar-refractivity contribution < 1.29 is 9.59 Å². The fourth-order valence-electron chi connectivity index (χ4n) is 3.41. The van der Waals surface area contributed by atoms with Gasteiger partial charge in [0.05, 0.1) is 0 Å². The minimum absolute atomic E-state index is 0.0662. The van der Waals surface area contributed by atoms with Crippen LogP contribution in [0, 0.1) is 5.92 Å². The average molecular weight is 365 g/mol. The first kappa shape index (κ1) is 19.0. The lowest BCUT2D eigenvalue weighted by Gasteiger charge is -2.33. The Bertz CT molecular complexity index is 761. The summed E-state index contributed by atoms with van der Waals surface area (Å²) in [5.41, 5.74) is 4.06. The monoisotopic (exact) mass is 365 g/mol. The van der Waals surface area contributed by atoms with Gasteiger partial charge >= 0.3 is 0 Å². The summed E-state index contributed by atoms with van der Waals surface area (Å²) >= 11 is 0. The summed E-state index contributed by atoms with van der Waals surface area (Å²) in [6.07, 6.45) is 2.55. The highest BCUT2D eigenvalue weighted by Crippen LogP contribution is 2.23. The molecule has 0 spiro atoms. The summed E-state index contributed by atoms with van der Waals surface area (Å²) in [6.45, 7) is 2.28. The molecule has 5 nitrogen and oxygen atoms in total. The Morgan fingerprint density at radius 2 is 1.70 bits per heavy atom. The van der Waals surface area contributed by atoms with Crippen molar-refractivity contribution in [1.82, 2.24) is 5.32 Å². The molecule has 0 aliphatic carbocycles. The predicted molar refractivity (Wildman–Crippen MR) is 109 cm³/mol. The lowest BCUT2D eigenvalue weighted by Crippen LogP contribution is -2.40. The molecule has 0 atom stereocenters. The van der Waals surface area contributed by atoms with Crippen molar-refractivity contribution in [3.05, 3.63) is 59.7 Å². The normalized spacial score (nSPS) is 14.7. The maximum absolute atomic E-state index is 12.5. The van der Waals surface area contributed by atoms with Gasteiger partial charge in [-0.05, 0) is 54.8 Å². The number of aldehydes is 1. The third kappa shape index (κ3) is 4.88. The van der Waals surface area contributed by atoms with Gasteiger partial charge in [-0.3, -0.25) is 9.59 Å². The second-order valence-corrected chi connectivity index (χ2v) is 7.25. The molecule has 0 bridgehead atoms. The molecular formula is C22H27N3O2. The minimum atomic E-state index is 0.0662. The van der Waals surface area contributed by atoms with Gasteiger partial charge in [-0.25, -0.2) is 0 Å². The number of hydrogen-bond donors (Lipinski definition) is 1. The van der Waals surface area contributed by atoms with Crippen molar-refractivity contribution in [2.45, 2.75) is 19.4 Å². The molecule has 142 valence electrons. The van der Waals surface area contributed by atoms with E-state index in [1.807, 2.05) is 38.4 Å². The van der Waals surface area contributed by atoms with Gasteiger partial charge in [-0.1, -0.05) is 12.1 Å². The van der Waals surface area contributed by atoms with Crippen LogP contribution in [0.1, 0.15) is 28.8 Å². The zero-order valence-electron chi connectivity index (χ0n) is 16.0. The van der Waals surface area contributed by atoms with Crippen molar-refractivity contribution >= 4 is 23.6 Å². The van der Waals surface area contributed by atoms with Gasteiger partial charge in [0.1, 0.15) is 6.29 Å². The van der Waals surface area contributed by atoms with Crippen LogP contribution in [-0.4, -0.2) is 39.4 Å². The van der Waals surface area contributed by atoms with E-state index in [0.717, 1.165) is 49.2 Å². The van der Waals surface area contributed by atoms with Gasteiger partial charge in [0.25, 0.3) is 0 Å². The van der Waals surface area contributed by atoms with Crippen molar-refractivity contribution in [2.75, 3.05) is 37.0 Å². The Hall–Kier alpha value is -2.82. The van der Waals surface area contributed by atoms with Crippen molar-refractivity contribution in [3.8, 4) is 0 Å². The fraction of sp³-hybridized carbons (Fsp3) is 0.364. The number of nitrogens with one attached hydrogen (secondary N) is 1. The smallest absolute Gasteiger partial charge is 0.223 e. The lowest BCUT2D eigenvalue weighted by atomic mass is 9.95. The Kier molecular flexibility index (Phi) is 6.12. The van der Waals surface area contributed by atoms with E-state index in [1.165, 1.54) is 0 Å². The number of carbonyl (C=O) groups is 2. The summed E-state index contributed by atoms with van der Waals surface area (Å²) in [6, 6.07) is 15.9. The second-order valence-electron chi connectivity index (χ2n) is 7.25. The van der Waals surface area contributed by atoms with Crippen molar-refractivity contribution in [3.63, 3.8) is 0 Å². The molecule has 0 saturated carbocycles. The SMILES string of the molecule is CN(C)c1ccc(CNC(=O)C2CCN(c3ccc(C=O)cc3)CC2)cc1.